The number of fused-ring (bicyclic) bond motifs is 1. The first-order valence-corrected chi connectivity index (χ1v) is 9.19. The average molecular weight is 375 g/mol. The summed E-state index contributed by atoms with van der Waals surface area (Å²) in [5, 5.41) is 19.5. The van der Waals surface area contributed by atoms with E-state index in [0.29, 0.717) is 13.2 Å². The third kappa shape index (κ3) is 4.25. The summed E-state index contributed by atoms with van der Waals surface area (Å²) < 4.78 is 5.61. The van der Waals surface area contributed by atoms with Crippen molar-refractivity contribution in [3.05, 3.63) is 59.8 Å². The van der Waals surface area contributed by atoms with Gasteiger partial charge in [0.15, 0.2) is 0 Å². The van der Waals surface area contributed by atoms with Gasteiger partial charge in [-0.15, -0.1) is 0 Å². The smallest absolute Gasteiger partial charge is 0.216 e. The van der Waals surface area contributed by atoms with Crippen LogP contribution >= 0.6 is 0 Å². The van der Waals surface area contributed by atoms with Gasteiger partial charge in [-0.2, -0.15) is 15.3 Å². The van der Waals surface area contributed by atoms with E-state index in [1.165, 1.54) is 12.5 Å². The summed E-state index contributed by atoms with van der Waals surface area (Å²) in [4.78, 5) is 10.8. The molecule has 0 bridgehead atoms. The summed E-state index contributed by atoms with van der Waals surface area (Å²) in [6.45, 7) is 2.42. The zero-order valence-electron chi connectivity index (χ0n) is 15.6. The number of aromatic amines is 1. The molecule has 2 aromatic carbocycles. The van der Waals surface area contributed by atoms with Crippen molar-refractivity contribution >= 4 is 28.2 Å². The minimum atomic E-state index is -0.0568. The number of carbonyl (C=O) groups excluding carboxylic acids is 1. The molecule has 7 heteroatoms. The van der Waals surface area contributed by atoms with E-state index in [4.69, 9.17) is 4.74 Å². The highest BCUT2D eigenvalue weighted by Gasteiger charge is 2.15. The van der Waals surface area contributed by atoms with E-state index >= 15 is 0 Å². The number of nitrogens with one attached hydrogen (secondary N) is 2. The zero-order chi connectivity index (χ0) is 19.3. The quantitative estimate of drug-likeness (QED) is 0.622. The van der Waals surface area contributed by atoms with Crippen LogP contribution in [0.25, 0.3) is 10.9 Å². The molecule has 0 radical (unpaired) electrons. The van der Waals surface area contributed by atoms with Gasteiger partial charge < -0.3 is 10.1 Å². The number of amides is 1. The van der Waals surface area contributed by atoms with Crippen molar-refractivity contribution in [3.63, 3.8) is 0 Å². The standard InChI is InChI=1S/C21H21N5O2/c1-14(27)22-8-9-28-19-5-3-16(4-6-19)21-12-18(24-26-21)11-15-2-7-20-17(10-15)13-23-25-20/h2-7,10,13H,8-9,11-12H2,1H3,(H,22,27)(H,23,25). The molecule has 0 saturated heterocycles. The Morgan fingerprint density at radius 3 is 2.86 bits per heavy atom. The van der Waals surface area contributed by atoms with Crippen molar-refractivity contribution in [2.24, 2.45) is 10.2 Å². The van der Waals surface area contributed by atoms with E-state index < -0.39 is 0 Å². The Morgan fingerprint density at radius 1 is 1.18 bits per heavy atom. The Balaban J connectivity index is 1.31. The third-order valence-corrected chi connectivity index (χ3v) is 4.53. The van der Waals surface area contributed by atoms with E-state index in [2.05, 4.69) is 37.8 Å². The number of ether oxygens (including phenoxy) is 1. The zero-order valence-corrected chi connectivity index (χ0v) is 15.6. The fourth-order valence-electron chi connectivity index (χ4n) is 3.13. The van der Waals surface area contributed by atoms with Gasteiger partial charge in [0.25, 0.3) is 0 Å². The Hall–Kier alpha value is -3.48. The van der Waals surface area contributed by atoms with E-state index in [1.807, 2.05) is 36.5 Å². The fraction of sp³-hybridized carbons (Fsp3) is 0.238. The van der Waals surface area contributed by atoms with Crippen LogP contribution in [-0.2, 0) is 11.2 Å². The number of carbonyl (C=O) groups is 1. The van der Waals surface area contributed by atoms with Crippen LogP contribution in [0.2, 0.25) is 0 Å². The van der Waals surface area contributed by atoms with Crippen LogP contribution in [-0.4, -0.2) is 40.7 Å². The van der Waals surface area contributed by atoms with Crippen molar-refractivity contribution in [2.45, 2.75) is 19.8 Å². The molecule has 1 aromatic heterocycles. The van der Waals surface area contributed by atoms with Crippen LogP contribution in [0.1, 0.15) is 24.5 Å². The first-order chi connectivity index (χ1) is 13.7. The second-order valence-corrected chi connectivity index (χ2v) is 6.71. The van der Waals surface area contributed by atoms with Gasteiger partial charge in [0.1, 0.15) is 12.4 Å². The molecule has 1 aliphatic heterocycles. The maximum atomic E-state index is 10.8. The van der Waals surface area contributed by atoms with E-state index in [1.54, 1.807) is 0 Å². The van der Waals surface area contributed by atoms with Crippen LogP contribution in [0, 0.1) is 0 Å². The molecular formula is C21H21N5O2. The van der Waals surface area contributed by atoms with Gasteiger partial charge in [-0.3, -0.25) is 9.89 Å². The van der Waals surface area contributed by atoms with Crippen LogP contribution in [0.15, 0.2) is 58.9 Å². The monoisotopic (exact) mass is 375 g/mol. The molecule has 7 nitrogen and oxygen atoms in total. The lowest BCUT2D eigenvalue weighted by Crippen LogP contribution is -2.25. The molecule has 1 amide bonds. The number of aromatic nitrogens is 2. The highest BCUT2D eigenvalue weighted by Crippen LogP contribution is 2.19. The lowest BCUT2D eigenvalue weighted by atomic mass is 10.0. The van der Waals surface area contributed by atoms with Crippen LogP contribution in [0.5, 0.6) is 5.75 Å². The molecule has 4 rings (SSSR count). The fourth-order valence-corrected chi connectivity index (χ4v) is 3.13. The number of hydrogen-bond donors (Lipinski definition) is 2. The van der Waals surface area contributed by atoms with Gasteiger partial charge in [0, 0.05) is 25.2 Å². The highest BCUT2D eigenvalue weighted by molar-refractivity contribution is 6.15. The predicted molar refractivity (Wildman–Crippen MR) is 109 cm³/mol. The maximum absolute atomic E-state index is 10.8. The molecule has 0 spiro atoms. The second kappa shape index (κ2) is 8.04. The lowest BCUT2D eigenvalue weighted by Gasteiger charge is -2.07. The van der Waals surface area contributed by atoms with Crippen molar-refractivity contribution in [1.82, 2.24) is 15.5 Å². The molecule has 2 heterocycles. The summed E-state index contributed by atoms with van der Waals surface area (Å²) in [5.41, 5.74) is 5.29. The summed E-state index contributed by atoms with van der Waals surface area (Å²) >= 11 is 0. The largest absolute Gasteiger partial charge is 0.492 e. The lowest BCUT2D eigenvalue weighted by molar-refractivity contribution is -0.119. The normalized spacial score (nSPS) is 13.3. The van der Waals surface area contributed by atoms with E-state index in [-0.39, 0.29) is 5.91 Å². The molecule has 0 unspecified atom stereocenters. The molecule has 0 saturated carbocycles. The molecule has 0 aliphatic carbocycles. The average Bonchev–Trinajstić information content (AvgIpc) is 3.35. The first-order valence-electron chi connectivity index (χ1n) is 9.19. The first kappa shape index (κ1) is 17.9. The molecule has 1 aliphatic rings. The van der Waals surface area contributed by atoms with E-state index in [0.717, 1.165) is 46.5 Å². The third-order valence-electron chi connectivity index (χ3n) is 4.53. The molecule has 3 aromatic rings. The van der Waals surface area contributed by atoms with Gasteiger partial charge in [-0.1, -0.05) is 6.07 Å². The van der Waals surface area contributed by atoms with Gasteiger partial charge in [0.05, 0.1) is 29.7 Å². The molecule has 0 atom stereocenters. The summed E-state index contributed by atoms with van der Waals surface area (Å²) in [7, 11) is 0. The van der Waals surface area contributed by atoms with Gasteiger partial charge in [0.2, 0.25) is 5.91 Å². The van der Waals surface area contributed by atoms with Gasteiger partial charge >= 0.3 is 0 Å². The minimum Gasteiger partial charge on any atom is -0.492 e. The Bertz CT molecular complexity index is 1050. The van der Waals surface area contributed by atoms with Crippen molar-refractivity contribution in [1.29, 1.82) is 0 Å². The Labute approximate surface area is 162 Å². The number of benzene rings is 2. The Kier molecular flexibility index (Phi) is 5.14. The number of hydrogen-bond acceptors (Lipinski definition) is 5. The number of rotatable bonds is 7. The van der Waals surface area contributed by atoms with E-state index in [9.17, 15) is 4.79 Å². The van der Waals surface area contributed by atoms with Crippen molar-refractivity contribution in [2.75, 3.05) is 13.2 Å². The second-order valence-electron chi connectivity index (χ2n) is 6.71. The number of H-pyrrole nitrogens is 1. The summed E-state index contributed by atoms with van der Waals surface area (Å²) in [6.07, 6.45) is 3.35. The summed E-state index contributed by atoms with van der Waals surface area (Å²) in [5.74, 6) is 0.709. The summed E-state index contributed by atoms with van der Waals surface area (Å²) in [6, 6.07) is 14.1. The van der Waals surface area contributed by atoms with Crippen molar-refractivity contribution in [3.8, 4) is 5.75 Å². The highest BCUT2D eigenvalue weighted by atomic mass is 16.5. The Morgan fingerprint density at radius 2 is 2.04 bits per heavy atom. The molecule has 28 heavy (non-hydrogen) atoms. The van der Waals surface area contributed by atoms with Gasteiger partial charge in [-0.25, -0.2) is 0 Å². The molecule has 0 fully saturated rings. The minimum absolute atomic E-state index is 0.0568. The van der Waals surface area contributed by atoms with Crippen LogP contribution in [0.3, 0.4) is 0 Å². The topological polar surface area (TPSA) is 91.7 Å². The van der Waals surface area contributed by atoms with Crippen molar-refractivity contribution < 1.29 is 9.53 Å². The van der Waals surface area contributed by atoms with Crippen LogP contribution in [0.4, 0.5) is 0 Å². The molecule has 2 N–H and O–H groups in total. The predicted octanol–water partition coefficient (Wildman–Crippen LogP) is 2.87. The molecule has 142 valence electrons. The SMILES string of the molecule is CC(=O)NCCOc1ccc(C2=NN=C(Cc3ccc4[nH]ncc4c3)C2)cc1. The number of nitrogens with zero attached hydrogens (tertiary/aromatic N) is 3. The van der Waals surface area contributed by atoms with Gasteiger partial charge in [-0.05, 0) is 47.5 Å². The molecular weight excluding hydrogens is 354 g/mol. The van der Waals surface area contributed by atoms with Crippen LogP contribution < -0.4 is 10.1 Å². The maximum Gasteiger partial charge on any atom is 0.216 e.